The van der Waals surface area contributed by atoms with E-state index in [1.807, 2.05) is 12.1 Å². The van der Waals surface area contributed by atoms with Crippen LogP contribution in [0.4, 0.5) is 0 Å². The van der Waals surface area contributed by atoms with Gasteiger partial charge in [0.25, 0.3) is 0 Å². The lowest BCUT2D eigenvalue weighted by molar-refractivity contribution is -0.128. The lowest BCUT2D eigenvalue weighted by atomic mass is 9.77. The SMILES string of the molecule is O=C1NC[C@@H](COc2cccnc2)[C@@]12CCN(Cc1ccsc1)C2. The molecule has 24 heavy (non-hydrogen) atoms. The average Bonchev–Trinajstić information content (AvgIpc) is 3.32. The molecule has 0 saturated carbocycles. The van der Waals surface area contributed by atoms with Crippen molar-refractivity contribution in [2.75, 3.05) is 26.2 Å². The van der Waals surface area contributed by atoms with Crippen molar-refractivity contribution in [3.63, 3.8) is 0 Å². The highest BCUT2D eigenvalue weighted by Gasteiger charge is 2.54. The topological polar surface area (TPSA) is 54.5 Å². The second-order valence-electron chi connectivity index (χ2n) is 6.66. The van der Waals surface area contributed by atoms with Crippen molar-refractivity contribution < 1.29 is 9.53 Å². The number of hydrogen-bond donors (Lipinski definition) is 1. The summed E-state index contributed by atoms with van der Waals surface area (Å²) in [7, 11) is 0. The molecule has 2 aromatic heterocycles. The molecule has 2 saturated heterocycles. The molecule has 0 unspecified atom stereocenters. The van der Waals surface area contributed by atoms with Gasteiger partial charge in [-0.25, -0.2) is 0 Å². The van der Waals surface area contributed by atoms with Crippen molar-refractivity contribution in [1.29, 1.82) is 0 Å². The van der Waals surface area contributed by atoms with Gasteiger partial charge < -0.3 is 10.1 Å². The highest BCUT2D eigenvalue weighted by Crippen LogP contribution is 2.42. The van der Waals surface area contributed by atoms with E-state index in [9.17, 15) is 4.79 Å². The molecule has 5 nitrogen and oxygen atoms in total. The van der Waals surface area contributed by atoms with Crippen molar-refractivity contribution in [1.82, 2.24) is 15.2 Å². The molecule has 0 aliphatic carbocycles. The lowest BCUT2D eigenvalue weighted by Gasteiger charge is -2.28. The first-order valence-electron chi connectivity index (χ1n) is 8.31. The molecule has 6 heteroatoms. The summed E-state index contributed by atoms with van der Waals surface area (Å²) in [6.45, 7) is 3.96. The van der Waals surface area contributed by atoms with E-state index >= 15 is 0 Å². The molecule has 1 N–H and O–H groups in total. The Labute approximate surface area is 145 Å². The maximum absolute atomic E-state index is 12.6. The Bertz CT molecular complexity index is 692. The standard InChI is InChI=1S/C18H21N3O2S/c22-17-18(4-6-21(13-18)10-14-3-7-24-12-14)15(8-20-17)11-23-16-2-1-5-19-9-16/h1-3,5,7,9,12,15H,4,6,8,10-11,13H2,(H,20,22)/t15-,18-/m0/s1. The van der Waals surface area contributed by atoms with Crippen molar-refractivity contribution >= 4 is 17.2 Å². The molecule has 0 aromatic carbocycles. The van der Waals surface area contributed by atoms with Gasteiger partial charge in [0.2, 0.25) is 5.91 Å². The van der Waals surface area contributed by atoms with Crippen LogP contribution in [0.5, 0.6) is 5.75 Å². The molecule has 4 heterocycles. The van der Waals surface area contributed by atoms with Crippen LogP contribution >= 0.6 is 11.3 Å². The minimum atomic E-state index is -0.307. The molecule has 4 rings (SSSR count). The first kappa shape index (κ1) is 15.6. The summed E-state index contributed by atoms with van der Waals surface area (Å²) in [5.41, 5.74) is 1.02. The fraction of sp³-hybridized carbons (Fsp3) is 0.444. The van der Waals surface area contributed by atoms with Gasteiger partial charge in [-0.15, -0.1) is 0 Å². The maximum atomic E-state index is 12.6. The van der Waals surface area contributed by atoms with Crippen molar-refractivity contribution in [3.05, 3.63) is 46.9 Å². The highest BCUT2D eigenvalue weighted by molar-refractivity contribution is 7.07. The first-order chi connectivity index (χ1) is 11.8. The average molecular weight is 343 g/mol. The number of thiophene rings is 1. The predicted octanol–water partition coefficient (Wildman–Crippen LogP) is 2.16. The van der Waals surface area contributed by atoms with Crippen LogP contribution in [0.2, 0.25) is 0 Å². The highest BCUT2D eigenvalue weighted by atomic mass is 32.1. The van der Waals surface area contributed by atoms with Crippen LogP contribution < -0.4 is 10.1 Å². The van der Waals surface area contributed by atoms with E-state index in [2.05, 4.69) is 32.0 Å². The Morgan fingerprint density at radius 3 is 3.21 bits per heavy atom. The van der Waals surface area contributed by atoms with Gasteiger partial charge >= 0.3 is 0 Å². The van der Waals surface area contributed by atoms with Gasteiger partial charge in [0.1, 0.15) is 5.75 Å². The molecule has 2 fully saturated rings. The monoisotopic (exact) mass is 343 g/mol. The molecular weight excluding hydrogens is 322 g/mol. The molecule has 2 aliphatic heterocycles. The van der Waals surface area contributed by atoms with E-state index < -0.39 is 0 Å². The van der Waals surface area contributed by atoms with Crippen molar-refractivity contribution in [2.24, 2.45) is 11.3 Å². The van der Waals surface area contributed by atoms with E-state index in [1.165, 1.54) is 5.56 Å². The summed E-state index contributed by atoms with van der Waals surface area (Å²) >= 11 is 1.72. The maximum Gasteiger partial charge on any atom is 0.228 e. The fourth-order valence-electron chi connectivity index (χ4n) is 3.83. The number of carbonyl (C=O) groups is 1. The van der Waals surface area contributed by atoms with Crippen molar-refractivity contribution in [3.8, 4) is 5.75 Å². The lowest BCUT2D eigenvalue weighted by Crippen LogP contribution is -2.40. The second-order valence-corrected chi connectivity index (χ2v) is 7.44. The van der Waals surface area contributed by atoms with E-state index in [-0.39, 0.29) is 17.2 Å². The molecule has 2 aliphatic rings. The number of amides is 1. The number of ether oxygens (including phenoxy) is 1. The fourth-order valence-corrected chi connectivity index (χ4v) is 4.49. The Kier molecular flexibility index (Phi) is 4.24. The van der Waals surface area contributed by atoms with Gasteiger partial charge in [-0.3, -0.25) is 14.7 Å². The van der Waals surface area contributed by atoms with Crippen LogP contribution in [0, 0.1) is 11.3 Å². The third-order valence-electron chi connectivity index (χ3n) is 5.19. The van der Waals surface area contributed by atoms with Gasteiger partial charge in [0, 0.05) is 31.7 Å². The number of rotatable bonds is 5. The zero-order chi connectivity index (χ0) is 16.4. The van der Waals surface area contributed by atoms with Gasteiger partial charge in [-0.2, -0.15) is 11.3 Å². The first-order valence-corrected chi connectivity index (χ1v) is 9.25. The largest absolute Gasteiger partial charge is 0.492 e. The third-order valence-corrected chi connectivity index (χ3v) is 5.93. The summed E-state index contributed by atoms with van der Waals surface area (Å²) < 4.78 is 5.89. The number of nitrogens with one attached hydrogen (secondary N) is 1. The molecule has 126 valence electrons. The Morgan fingerprint density at radius 1 is 1.46 bits per heavy atom. The molecule has 1 spiro atoms. The number of nitrogens with zero attached hydrogens (tertiary/aromatic N) is 2. The Balaban J connectivity index is 1.43. The van der Waals surface area contributed by atoms with E-state index in [4.69, 9.17) is 4.74 Å². The van der Waals surface area contributed by atoms with Crippen LogP contribution in [0.25, 0.3) is 0 Å². The van der Waals surface area contributed by atoms with Crippen LogP contribution in [0.1, 0.15) is 12.0 Å². The van der Waals surface area contributed by atoms with Crippen LogP contribution in [0.15, 0.2) is 41.4 Å². The van der Waals surface area contributed by atoms with Gasteiger partial charge in [-0.1, -0.05) is 0 Å². The van der Waals surface area contributed by atoms with E-state index in [1.54, 1.807) is 23.7 Å². The molecule has 2 atom stereocenters. The van der Waals surface area contributed by atoms with Gasteiger partial charge in [-0.05, 0) is 47.5 Å². The van der Waals surface area contributed by atoms with Crippen LogP contribution in [-0.2, 0) is 11.3 Å². The summed E-state index contributed by atoms with van der Waals surface area (Å²) in [5.74, 6) is 1.16. The Hall–Kier alpha value is -1.92. The number of likely N-dealkylation sites (tertiary alicyclic amines) is 1. The second kappa shape index (κ2) is 6.53. The van der Waals surface area contributed by atoms with Gasteiger partial charge in [0.15, 0.2) is 0 Å². The molecule has 2 aromatic rings. The minimum absolute atomic E-state index is 0.190. The zero-order valence-electron chi connectivity index (χ0n) is 13.5. The number of hydrogen-bond acceptors (Lipinski definition) is 5. The molecule has 0 bridgehead atoms. The quantitative estimate of drug-likeness (QED) is 0.904. The molecular formula is C18H21N3O2S. The molecule has 0 radical (unpaired) electrons. The summed E-state index contributed by atoms with van der Waals surface area (Å²) in [6.07, 6.45) is 4.35. The van der Waals surface area contributed by atoms with Crippen LogP contribution in [-0.4, -0.2) is 42.0 Å². The number of pyridine rings is 1. The summed E-state index contributed by atoms with van der Waals surface area (Å²) in [6, 6.07) is 5.93. The Morgan fingerprint density at radius 2 is 2.42 bits per heavy atom. The normalized spacial score (nSPS) is 26.8. The number of aromatic nitrogens is 1. The summed E-state index contributed by atoms with van der Waals surface area (Å²) in [5, 5.41) is 7.35. The smallest absolute Gasteiger partial charge is 0.228 e. The minimum Gasteiger partial charge on any atom is -0.492 e. The predicted molar refractivity (Wildman–Crippen MR) is 92.9 cm³/mol. The summed E-state index contributed by atoms with van der Waals surface area (Å²) in [4.78, 5) is 19.0. The van der Waals surface area contributed by atoms with E-state index in [0.717, 1.165) is 31.8 Å². The van der Waals surface area contributed by atoms with E-state index in [0.29, 0.717) is 13.2 Å². The third kappa shape index (κ3) is 2.91. The molecule has 1 amide bonds. The zero-order valence-corrected chi connectivity index (χ0v) is 14.3. The number of carbonyl (C=O) groups excluding carboxylic acids is 1. The van der Waals surface area contributed by atoms with Crippen LogP contribution in [0.3, 0.4) is 0 Å². The van der Waals surface area contributed by atoms with Gasteiger partial charge in [0.05, 0.1) is 18.2 Å². The van der Waals surface area contributed by atoms with Crippen molar-refractivity contribution in [2.45, 2.75) is 13.0 Å².